The lowest BCUT2D eigenvalue weighted by atomic mass is 9.87. The normalized spacial score (nSPS) is 17.1. The molecule has 3 aromatic rings. The number of anilines is 1. The average molecular weight is 430 g/mol. The number of carbonyl (C=O) groups excluding carboxylic acids is 1. The number of nitrogens with two attached hydrogens (primary N) is 1. The Morgan fingerprint density at radius 3 is 2.70 bits per heavy atom. The van der Waals surface area contributed by atoms with Gasteiger partial charge in [0.2, 0.25) is 5.91 Å². The molecule has 3 heterocycles. The Hall–Kier alpha value is -2.75. The highest BCUT2D eigenvalue weighted by Crippen LogP contribution is 2.28. The van der Waals surface area contributed by atoms with E-state index in [-0.39, 0.29) is 18.6 Å². The summed E-state index contributed by atoms with van der Waals surface area (Å²) in [4.78, 5) is 30.9. The molecule has 0 radical (unpaired) electrons. The highest BCUT2D eigenvalue weighted by atomic mass is 35.5. The molecule has 10 heteroatoms. The van der Waals surface area contributed by atoms with Crippen molar-refractivity contribution < 1.29 is 9.90 Å². The van der Waals surface area contributed by atoms with Crippen molar-refractivity contribution in [2.75, 3.05) is 24.6 Å². The Bertz CT molecular complexity index is 1020. The Balaban J connectivity index is 1.44. The maximum Gasteiger partial charge on any atom is 0.240 e. The Kier molecular flexibility index (Phi) is 5.85. The summed E-state index contributed by atoms with van der Waals surface area (Å²) in [5.74, 6) is 0.546. The maximum atomic E-state index is 13.1. The molecule has 1 atom stereocenters. The molecule has 2 aromatic heterocycles. The molecule has 1 saturated heterocycles. The molecule has 5 N–H and O–H groups in total. The summed E-state index contributed by atoms with van der Waals surface area (Å²) in [5, 5.41) is 13.1. The predicted molar refractivity (Wildman–Crippen MR) is 114 cm³/mol. The van der Waals surface area contributed by atoms with E-state index >= 15 is 0 Å². The van der Waals surface area contributed by atoms with E-state index in [1.165, 1.54) is 6.33 Å². The number of piperidine rings is 1. The number of aliphatic hydroxyl groups is 1. The molecular formula is C20H24ClN7O2. The van der Waals surface area contributed by atoms with Crippen LogP contribution in [0.2, 0.25) is 5.02 Å². The number of benzene rings is 1. The molecule has 9 nitrogen and oxygen atoms in total. The smallest absolute Gasteiger partial charge is 0.240 e. The van der Waals surface area contributed by atoms with Crippen LogP contribution in [0.5, 0.6) is 0 Å². The number of aromatic nitrogens is 4. The van der Waals surface area contributed by atoms with Gasteiger partial charge in [-0.3, -0.25) is 4.79 Å². The molecule has 0 spiro atoms. The topological polar surface area (TPSA) is 133 Å². The Morgan fingerprint density at radius 1 is 1.27 bits per heavy atom. The van der Waals surface area contributed by atoms with Crippen molar-refractivity contribution >= 4 is 34.5 Å². The number of halogens is 1. The van der Waals surface area contributed by atoms with Gasteiger partial charge in [0.15, 0.2) is 11.5 Å². The maximum absolute atomic E-state index is 13.1. The minimum Gasteiger partial charge on any atom is -0.396 e. The van der Waals surface area contributed by atoms with Crippen molar-refractivity contribution in [1.29, 1.82) is 0 Å². The van der Waals surface area contributed by atoms with E-state index in [2.05, 4.69) is 30.2 Å². The van der Waals surface area contributed by atoms with Gasteiger partial charge < -0.3 is 26.0 Å². The van der Waals surface area contributed by atoms with Crippen molar-refractivity contribution in [2.24, 2.45) is 5.73 Å². The minimum absolute atomic E-state index is 0.0488. The molecule has 0 unspecified atom stereocenters. The van der Waals surface area contributed by atoms with Gasteiger partial charge in [-0.05, 0) is 37.0 Å². The van der Waals surface area contributed by atoms with E-state index in [4.69, 9.17) is 17.3 Å². The van der Waals surface area contributed by atoms with Crippen molar-refractivity contribution in [3.63, 3.8) is 0 Å². The Morgan fingerprint density at radius 2 is 2.00 bits per heavy atom. The van der Waals surface area contributed by atoms with Gasteiger partial charge in [-0.2, -0.15) is 0 Å². The molecule has 1 aliphatic heterocycles. The van der Waals surface area contributed by atoms with Crippen molar-refractivity contribution in [1.82, 2.24) is 25.3 Å². The lowest BCUT2D eigenvalue weighted by Crippen LogP contribution is -2.60. The summed E-state index contributed by atoms with van der Waals surface area (Å²) < 4.78 is 0. The summed E-state index contributed by atoms with van der Waals surface area (Å²) in [7, 11) is 0. The summed E-state index contributed by atoms with van der Waals surface area (Å²) in [6.45, 7) is 1.12. The van der Waals surface area contributed by atoms with Gasteiger partial charge in [0, 0.05) is 24.7 Å². The number of H-pyrrole nitrogens is 1. The first-order valence-corrected chi connectivity index (χ1v) is 10.2. The molecule has 4 rings (SSSR count). The second kappa shape index (κ2) is 8.55. The number of rotatable bonds is 6. The van der Waals surface area contributed by atoms with Crippen LogP contribution in [0.25, 0.3) is 11.2 Å². The van der Waals surface area contributed by atoms with E-state index in [9.17, 15) is 9.90 Å². The number of aliphatic hydroxyl groups excluding tert-OH is 1. The molecule has 0 aliphatic carbocycles. The first-order valence-electron chi connectivity index (χ1n) is 9.85. The molecule has 0 saturated carbocycles. The fourth-order valence-corrected chi connectivity index (χ4v) is 3.91. The van der Waals surface area contributed by atoms with Crippen molar-refractivity contribution in [2.45, 2.75) is 30.8 Å². The number of nitrogens with zero attached hydrogens (tertiary/aromatic N) is 4. The summed E-state index contributed by atoms with van der Waals surface area (Å²) in [6.07, 6.45) is 4.43. The zero-order valence-corrected chi connectivity index (χ0v) is 17.1. The molecule has 1 aromatic carbocycles. The zero-order chi connectivity index (χ0) is 21.1. The fraction of sp³-hybridized carbons (Fsp3) is 0.400. The fourth-order valence-electron chi connectivity index (χ4n) is 3.78. The third-order valence-electron chi connectivity index (χ3n) is 5.61. The van der Waals surface area contributed by atoms with Gasteiger partial charge in [0.05, 0.1) is 17.9 Å². The number of hydrogen-bond donors (Lipinski definition) is 4. The third-order valence-corrected chi connectivity index (χ3v) is 5.86. The van der Waals surface area contributed by atoms with Crippen molar-refractivity contribution in [3.05, 3.63) is 47.5 Å². The molecule has 1 amide bonds. The molecule has 1 aliphatic rings. The summed E-state index contributed by atoms with van der Waals surface area (Å²) in [5.41, 5.74) is 7.78. The number of nitrogens with one attached hydrogen (secondary N) is 2. The monoisotopic (exact) mass is 429 g/mol. The van der Waals surface area contributed by atoms with Gasteiger partial charge in [-0.1, -0.05) is 23.7 Å². The van der Waals surface area contributed by atoms with Gasteiger partial charge >= 0.3 is 0 Å². The highest BCUT2D eigenvalue weighted by molar-refractivity contribution is 6.30. The highest BCUT2D eigenvalue weighted by Gasteiger charge is 2.39. The molecule has 30 heavy (non-hydrogen) atoms. The summed E-state index contributed by atoms with van der Waals surface area (Å²) >= 11 is 5.96. The van der Waals surface area contributed by atoms with E-state index in [0.29, 0.717) is 43.0 Å². The van der Waals surface area contributed by atoms with Crippen LogP contribution in [-0.4, -0.2) is 56.2 Å². The van der Waals surface area contributed by atoms with Gasteiger partial charge in [-0.25, -0.2) is 15.0 Å². The zero-order valence-electron chi connectivity index (χ0n) is 16.4. The number of fused-ring (bicyclic) bond motifs is 1. The second-order valence-corrected chi connectivity index (χ2v) is 7.97. The number of carbonyl (C=O) groups is 1. The van der Waals surface area contributed by atoms with E-state index in [1.54, 1.807) is 18.5 Å². The van der Waals surface area contributed by atoms with Crippen LogP contribution in [0.15, 0.2) is 36.9 Å². The van der Waals surface area contributed by atoms with Crippen LogP contribution in [0, 0.1) is 0 Å². The number of imidazole rings is 1. The number of aromatic amines is 1. The minimum atomic E-state index is -0.989. The number of amides is 1. The molecule has 0 bridgehead atoms. The van der Waals surface area contributed by atoms with Crippen LogP contribution < -0.4 is 16.0 Å². The number of hydrogen-bond acceptors (Lipinski definition) is 7. The van der Waals surface area contributed by atoms with E-state index in [0.717, 1.165) is 16.9 Å². The molecule has 1 fully saturated rings. The molecular weight excluding hydrogens is 406 g/mol. The van der Waals surface area contributed by atoms with Gasteiger partial charge in [-0.15, -0.1) is 0 Å². The quantitative estimate of drug-likeness (QED) is 0.467. The third kappa shape index (κ3) is 4.09. The standard InChI is InChI=1S/C20H24ClN7O2/c21-14-3-1-13(2-4-14)15(5-10-29)27-19(30)20(22)6-8-28(9-7-20)18-16-17(24-11-23-16)25-12-26-18/h1-4,11-12,15,29H,5-10,22H2,(H,27,30)(H,23,24,25,26)/t15-/m0/s1. The van der Waals surface area contributed by atoms with Gasteiger partial charge in [0.1, 0.15) is 11.8 Å². The second-order valence-electron chi connectivity index (χ2n) is 7.53. The SMILES string of the molecule is NC1(C(=O)N[C@@H](CCO)c2ccc(Cl)cc2)CCN(c2ncnc3nc[nH]c23)CC1. The largest absolute Gasteiger partial charge is 0.396 e. The van der Waals surface area contributed by atoms with Crippen LogP contribution in [0.1, 0.15) is 30.9 Å². The first kappa shape index (κ1) is 20.5. The van der Waals surface area contributed by atoms with Crippen LogP contribution >= 0.6 is 11.6 Å². The summed E-state index contributed by atoms with van der Waals surface area (Å²) in [6, 6.07) is 6.90. The van der Waals surface area contributed by atoms with Crippen LogP contribution in [0.4, 0.5) is 5.82 Å². The van der Waals surface area contributed by atoms with Crippen LogP contribution in [0.3, 0.4) is 0 Å². The predicted octanol–water partition coefficient (Wildman–Crippen LogP) is 1.54. The lowest BCUT2D eigenvalue weighted by molar-refractivity contribution is -0.128. The van der Waals surface area contributed by atoms with E-state index < -0.39 is 5.54 Å². The van der Waals surface area contributed by atoms with Gasteiger partial charge in [0.25, 0.3) is 0 Å². The van der Waals surface area contributed by atoms with Crippen LogP contribution in [-0.2, 0) is 4.79 Å². The molecule has 158 valence electrons. The van der Waals surface area contributed by atoms with E-state index in [1.807, 2.05) is 12.1 Å². The Labute approximate surface area is 178 Å². The average Bonchev–Trinajstić information content (AvgIpc) is 3.24. The lowest BCUT2D eigenvalue weighted by Gasteiger charge is -2.39. The first-order chi connectivity index (χ1) is 14.5. The van der Waals surface area contributed by atoms with Crippen molar-refractivity contribution in [3.8, 4) is 0 Å².